The van der Waals surface area contributed by atoms with Crippen molar-refractivity contribution in [3.63, 3.8) is 0 Å². The van der Waals surface area contributed by atoms with E-state index in [9.17, 15) is 13.5 Å². The van der Waals surface area contributed by atoms with Crippen molar-refractivity contribution >= 4 is 27.2 Å². The molecule has 1 atom stereocenters. The summed E-state index contributed by atoms with van der Waals surface area (Å²) < 4.78 is 28.8. The monoisotopic (exact) mass is 397 g/mol. The van der Waals surface area contributed by atoms with Crippen LogP contribution in [0.2, 0.25) is 0 Å². The van der Waals surface area contributed by atoms with Crippen LogP contribution in [-0.2, 0) is 16.6 Å². The zero-order valence-corrected chi connectivity index (χ0v) is 16.9. The number of nitrogens with one attached hydrogen (secondary N) is 1. The van der Waals surface area contributed by atoms with E-state index < -0.39 is 16.3 Å². The molecule has 0 saturated carbocycles. The van der Waals surface area contributed by atoms with E-state index in [0.717, 1.165) is 34.1 Å². The molecule has 3 aromatic rings. The molecule has 0 spiro atoms. The number of aryl methyl sites for hydroxylation is 1. The largest absolute Gasteiger partial charge is 0.506 e. The third kappa shape index (κ3) is 2.78. The van der Waals surface area contributed by atoms with Gasteiger partial charge in [-0.15, -0.1) is 0 Å². The Balaban J connectivity index is 2.01. The first-order valence-electron chi connectivity index (χ1n) is 9.15. The maximum atomic E-state index is 13.1. The van der Waals surface area contributed by atoms with Gasteiger partial charge in [0.15, 0.2) is 0 Å². The fourth-order valence-corrected chi connectivity index (χ4v) is 4.78. The molecule has 0 amide bonds. The Morgan fingerprint density at radius 3 is 2.68 bits per heavy atom. The van der Waals surface area contributed by atoms with Gasteiger partial charge < -0.3 is 10.1 Å². The van der Waals surface area contributed by atoms with Gasteiger partial charge in [0.2, 0.25) is 0 Å². The Hall–Kier alpha value is -2.77. The van der Waals surface area contributed by atoms with Gasteiger partial charge in [-0.05, 0) is 35.3 Å². The van der Waals surface area contributed by atoms with Crippen LogP contribution in [0.1, 0.15) is 35.2 Å². The summed E-state index contributed by atoms with van der Waals surface area (Å²) in [5.74, 6) is 0.139. The van der Waals surface area contributed by atoms with Crippen LogP contribution in [0.15, 0.2) is 48.8 Å². The fourth-order valence-electron chi connectivity index (χ4n) is 3.70. The van der Waals surface area contributed by atoms with E-state index in [1.54, 1.807) is 24.5 Å². The summed E-state index contributed by atoms with van der Waals surface area (Å²) >= 11 is 0. The van der Waals surface area contributed by atoms with Crippen LogP contribution in [0.4, 0.5) is 0 Å². The molecule has 4 rings (SSSR count). The van der Waals surface area contributed by atoms with Crippen molar-refractivity contribution in [3.05, 3.63) is 71.0 Å². The number of phenolic OH excluding ortho intramolecular Hbond substituents is 1. The number of aromatic amines is 1. The van der Waals surface area contributed by atoms with Crippen molar-refractivity contribution in [2.45, 2.75) is 19.4 Å². The number of phenols is 1. The summed E-state index contributed by atoms with van der Waals surface area (Å²) in [5.41, 5.74) is 4.46. The highest BCUT2D eigenvalue weighted by atomic mass is 32.2. The second kappa shape index (κ2) is 6.68. The Morgan fingerprint density at radius 2 is 1.96 bits per heavy atom. The summed E-state index contributed by atoms with van der Waals surface area (Å²) in [5, 5.41) is 11.0. The fraction of sp³-hybridized carbons (Fsp3) is 0.238. The van der Waals surface area contributed by atoms with Gasteiger partial charge >= 0.3 is 10.2 Å². The van der Waals surface area contributed by atoms with Gasteiger partial charge in [0.05, 0.1) is 11.6 Å². The standard InChI is InChI=1S/C21H23N3O3S/c1-4-14-8-9-15-10-11-24(28(26,27)23(2)3)21(17(15)12-14)18-13-22-20-16(18)6-5-7-19(20)25/h5-13,21-22,25H,4H2,1-3H3. The number of nitrogens with zero attached hydrogens (tertiary/aromatic N) is 2. The Morgan fingerprint density at radius 1 is 1.18 bits per heavy atom. The number of rotatable bonds is 4. The second-order valence-electron chi connectivity index (χ2n) is 7.10. The lowest BCUT2D eigenvalue weighted by molar-refractivity contribution is 0.403. The number of aromatic hydroxyl groups is 1. The summed E-state index contributed by atoms with van der Waals surface area (Å²) in [4.78, 5) is 3.11. The van der Waals surface area contributed by atoms with Crippen molar-refractivity contribution < 1.29 is 13.5 Å². The lowest BCUT2D eigenvalue weighted by Crippen LogP contribution is -2.40. The van der Waals surface area contributed by atoms with E-state index in [-0.39, 0.29) is 5.75 Å². The first-order chi connectivity index (χ1) is 13.3. The van der Waals surface area contributed by atoms with E-state index >= 15 is 0 Å². The zero-order chi connectivity index (χ0) is 20.1. The molecule has 7 heteroatoms. The van der Waals surface area contributed by atoms with Crippen LogP contribution in [0, 0.1) is 0 Å². The van der Waals surface area contributed by atoms with E-state index in [2.05, 4.69) is 24.0 Å². The molecule has 28 heavy (non-hydrogen) atoms. The van der Waals surface area contributed by atoms with Gasteiger partial charge in [0.25, 0.3) is 0 Å². The minimum atomic E-state index is -3.71. The third-order valence-corrected chi connectivity index (χ3v) is 7.05. The number of aromatic nitrogens is 1. The molecule has 0 bridgehead atoms. The summed E-state index contributed by atoms with van der Waals surface area (Å²) in [6, 6.07) is 10.9. The highest BCUT2D eigenvalue weighted by molar-refractivity contribution is 7.86. The summed E-state index contributed by atoms with van der Waals surface area (Å²) in [7, 11) is -0.659. The van der Waals surface area contributed by atoms with Crippen molar-refractivity contribution in [1.82, 2.24) is 13.6 Å². The van der Waals surface area contributed by atoms with Gasteiger partial charge in [0.1, 0.15) is 5.75 Å². The van der Waals surface area contributed by atoms with Crippen molar-refractivity contribution in [1.29, 1.82) is 0 Å². The predicted octanol–water partition coefficient (Wildman–Crippen LogP) is 3.62. The average molecular weight is 398 g/mol. The SMILES string of the molecule is CCc1ccc2c(c1)C(c1c[nH]c3c(O)cccc13)N(S(=O)(=O)N(C)C)C=C2. The number of benzene rings is 2. The van der Waals surface area contributed by atoms with E-state index in [4.69, 9.17) is 0 Å². The summed E-state index contributed by atoms with van der Waals surface area (Å²) in [6.07, 6.45) is 6.10. The Kier molecular flexibility index (Phi) is 4.44. The molecule has 0 fully saturated rings. The molecule has 146 valence electrons. The third-order valence-electron chi connectivity index (χ3n) is 5.26. The number of fused-ring (bicyclic) bond motifs is 2. The smallest absolute Gasteiger partial charge is 0.303 e. The highest BCUT2D eigenvalue weighted by Gasteiger charge is 2.36. The summed E-state index contributed by atoms with van der Waals surface area (Å²) in [6.45, 7) is 2.08. The van der Waals surface area contributed by atoms with E-state index in [1.807, 2.05) is 18.2 Å². The average Bonchev–Trinajstić information content (AvgIpc) is 3.11. The Labute approximate surface area is 164 Å². The molecule has 1 unspecified atom stereocenters. The molecule has 0 radical (unpaired) electrons. The molecule has 2 heterocycles. The Bertz CT molecular complexity index is 1180. The molecule has 1 aliphatic heterocycles. The molecule has 0 aliphatic carbocycles. The van der Waals surface area contributed by atoms with Gasteiger partial charge in [-0.2, -0.15) is 12.7 Å². The van der Waals surface area contributed by atoms with Crippen molar-refractivity contribution in [2.24, 2.45) is 0 Å². The second-order valence-corrected chi connectivity index (χ2v) is 9.15. The molecule has 0 saturated heterocycles. The first kappa shape index (κ1) is 18.6. The van der Waals surface area contributed by atoms with Crippen LogP contribution in [0.5, 0.6) is 5.75 Å². The van der Waals surface area contributed by atoms with Crippen LogP contribution < -0.4 is 0 Å². The van der Waals surface area contributed by atoms with Gasteiger partial charge in [-0.3, -0.25) is 4.31 Å². The molecule has 6 nitrogen and oxygen atoms in total. The van der Waals surface area contributed by atoms with E-state index in [1.165, 1.54) is 22.7 Å². The quantitative estimate of drug-likeness (QED) is 0.706. The molecule has 2 aromatic carbocycles. The molecule has 1 aromatic heterocycles. The lowest BCUT2D eigenvalue weighted by atomic mass is 9.90. The lowest BCUT2D eigenvalue weighted by Gasteiger charge is -2.35. The number of hydrogen-bond acceptors (Lipinski definition) is 3. The predicted molar refractivity (Wildman–Crippen MR) is 111 cm³/mol. The molecular formula is C21H23N3O3S. The zero-order valence-electron chi connectivity index (χ0n) is 16.0. The highest BCUT2D eigenvalue weighted by Crippen LogP contribution is 2.42. The van der Waals surface area contributed by atoms with Gasteiger partial charge in [-0.25, -0.2) is 0 Å². The number of para-hydroxylation sites is 1. The van der Waals surface area contributed by atoms with Gasteiger partial charge in [-0.1, -0.05) is 37.3 Å². The minimum absolute atomic E-state index is 0.139. The molecular weight excluding hydrogens is 374 g/mol. The minimum Gasteiger partial charge on any atom is -0.506 e. The molecule has 1 aliphatic rings. The topological polar surface area (TPSA) is 76.6 Å². The maximum absolute atomic E-state index is 13.1. The number of hydrogen-bond donors (Lipinski definition) is 2. The van der Waals surface area contributed by atoms with E-state index in [0.29, 0.717) is 5.52 Å². The van der Waals surface area contributed by atoms with Crippen LogP contribution >= 0.6 is 0 Å². The van der Waals surface area contributed by atoms with Crippen LogP contribution in [-0.4, -0.2) is 41.2 Å². The van der Waals surface area contributed by atoms with Crippen LogP contribution in [0.3, 0.4) is 0 Å². The van der Waals surface area contributed by atoms with Crippen LogP contribution in [0.25, 0.3) is 17.0 Å². The van der Waals surface area contributed by atoms with Crippen molar-refractivity contribution in [3.8, 4) is 5.75 Å². The normalized spacial score (nSPS) is 16.7. The van der Waals surface area contributed by atoms with Crippen molar-refractivity contribution in [2.75, 3.05) is 14.1 Å². The van der Waals surface area contributed by atoms with Gasteiger partial charge in [0, 0.05) is 37.4 Å². The molecule has 2 N–H and O–H groups in total. The number of H-pyrrole nitrogens is 1. The maximum Gasteiger partial charge on any atom is 0.303 e. The first-order valence-corrected chi connectivity index (χ1v) is 10.5.